The zero-order valence-electron chi connectivity index (χ0n) is 20.5. The first kappa shape index (κ1) is 25.8. The minimum atomic E-state index is -3.36. The smallest absolute Gasteiger partial charge is 0.315 e. The van der Waals surface area contributed by atoms with Crippen LogP contribution in [-0.4, -0.2) is 6.11 Å². The standard InChI is InChI=1S/C31H37F3O/c1-3-22-5-11-25(12-6-22)26-15-9-24(10-16-26)20-31(33,34)35-21-29-18-17-28(19-30(29)32)27-13-7-23(4-2)8-14-27/h3-4,9-10,15-19,22-23,25,27H,1-2,5-8,11-14,20-21H2. The summed E-state index contributed by atoms with van der Waals surface area (Å²) in [6, 6.07) is 12.4. The van der Waals surface area contributed by atoms with Gasteiger partial charge in [-0.3, -0.25) is 0 Å². The monoisotopic (exact) mass is 482 g/mol. The van der Waals surface area contributed by atoms with Crippen molar-refractivity contribution in [1.82, 2.24) is 0 Å². The predicted molar refractivity (Wildman–Crippen MR) is 136 cm³/mol. The van der Waals surface area contributed by atoms with E-state index in [4.69, 9.17) is 4.74 Å². The maximum absolute atomic E-state index is 14.7. The third kappa shape index (κ3) is 6.88. The Kier molecular flexibility index (Phi) is 8.54. The van der Waals surface area contributed by atoms with E-state index in [0.717, 1.165) is 56.9 Å². The molecule has 0 amide bonds. The minimum absolute atomic E-state index is 0.165. The van der Waals surface area contributed by atoms with Gasteiger partial charge >= 0.3 is 6.11 Å². The molecule has 2 aromatic carbocycles. The molecule has 0 bridgehead atoms. The number of benzene rings is 2. The van der Waals surface area contributed by atoms with Crippen LogP contribution in [0.4, 0.5) is 13.2 Å². The SMILES string of the molecule is C=CC1CCC(c2ccc(CC(F)(F)OCc3ccc(C4CCC(C=C)CC4)cc3F)cc2)CC1. The molecular weight excluding hydrogens is 445 g/mol. The summed E-state index contributed by atoms with van der Waals surface area (Å²) >= 11 is 0. The van der Waals surface area contributed by atoms with E-state index in [-0.39, 0.29) is 5.56 Å². The van der Waals surface area contributed by atoms with Crippen LogP contribution in [0.5, 0.6) is 0 Å². The first-order valence-corrected chi connectivity index (χ1v) is 13.0. The molecule has 1 nitrogen and oxygen atoms in total. The van der Waals surface area contributed by atoms with E-state index >= 15 is 0 Å². The maximum Gasteiger partial charge on any atom is 0.360 e. The Morgan fingerprint density at radius 3 is 1.80 bits per heavy atom. The van der Waals surface area contributed by atoms with Crippen molar-refractivity contribution in [1.29, 1.82) is 0 Å². The lowest BCUT2D eigenvalue weighted by Crippen LogP contribution is -2.24. The molecule has 4 rings (SSSR count). The van der Waals surface area contributed by atoms with Gasteiger partial charge in [-0.2, -0.15) is 8.78 Å². The summed E-state index contributed by atoms with van der Waals surface area (Å²) in [6.07, 6.45) is 8.75. The Hall–Kier alpha value is -2.33. The van der Waals surface area contributed by atoms with E-state index in [1.807, 2.05) is 30.4 Å². The summed E-state index contributed by atoms with van der Waals surface area (Å²) in [7, 11) is 0. The zero-order valence-corrected chi connectivity index (χ0v) is 20.5. The quantitative estimate of drug-likeness (QED) is 0.324. The number of rotatable bonds is 9. The molecule has 0 heterocycles. The lowest BCUT2D eigenvalue weighted by molar-refractivity contribution is -0.244. The Morgan fingerprint density at radius 1 is 0.771 bits per heavy atom. The van der Waals surface area contributed by atoms with Crippen molar-refractivity contribution >= 4 is 0 Å². The highest BCUT2D eigenvalue weighted by molar-refractivity contribution is 5.28. The molecule has 188 valence electrons. The second kappa shape index (κ2) is 11.6. The highest BCUT2D eigenvalue weighted by atomic mass is 19.3. The second-order valence-corrected chi connectivity index (χ2v) is 10.4. The van der Waals surface area contributed by atoms with Crippen LogP contribution >= 0.6 is 0 Å². The Morgan fingerprint density at radius 2 is 1.29 bits per heavy atom. The highest BCUT2D eigenvalue weighted by Gasteiger charge is 2.31. The molecule has 0 atom stereocenters. The van der Waals surface area contributed by atoms with Crippen molar-refractivity contribution in [2.24, 2.45) is 11.8 Å². The van der Waals surface area contributed by atoms with Gasteiger partial charge in [0.15, 0.2) is 0 Å². The normalized spacial score (nSPS) is 25.2. The van der Waals surface area contributed by atoms with E-state index in [1.54, 1.807) is 18.2 Å². The zero-order chi connectivity index (χ0) is 24.8. The number of halogens is 3. The molecule has 2 aromatic rings. The fraction of sp³-hybridized carbons (Fsp3) is 0.484. The molecule has 0 N–H and O–H groups in total. The average molecular weight is 483 g/mol. The molecule has 2 aliphatic rings. The molecule has 0 spiro atoms. The fourth-order valence-electron chi connectivity index (χ4n) is 5.69. The average Bonchev–Trinajstić information content (AvgIpc) is 2.88. The first-order chi connectivity index (χ1) is 16.9. The molecule has 0 saturated heterocycles. The first-order valence-electron chi connectivity index (χ1n) is 13.0. The lowest BCUT2D eigenvalue weighted by atomic mass is 9.78. The van der Waals surface area contributed by atoms with E-state index in [9.17, 15) is 13.2 Å². The van der Waals surface area contributed by atoms with Crippen LogP contribution in [0, 0.1) is 17.7 Å². The third-order valence-electron chi connectivity index (χ3n) is 8.06. The van der Waals surface area contributed by atoms with E-state index in [2.05, 4.69) is 13.2 Å². The summed E-state index contributed by atoms with van der Waals surface area (Å²) in [5.74, 6) is 1.47. The van der Waals surface area contributed by atoms with Crippen molar-refractivity contribution in [3.8, 4) is 0 Å². The molecular formula is C31H37F3O. The van der Waals surface area contributed by atoms with Crippen LogP contribution in [0.15, 0.2) is 67.8 Å². The van der Waals surface area contributed by atoms with Crippen molar-refractivity contribution in [3.05, 3.63) is 95.8 Å². The van der Waals surface area contributed by atoms with Gasteiger partial charge in [0.2, 0.25) is 0 Å². The van der Waals surface area contributed by atoms with Gasteiger partial charge in [0.25, 0.3) is 0 Å². The van der Waals surface area contributed by atoms with E-state index < -0.39 is 25.0 Å². The predicted octanol–water partition coefficient (Wildman–Crippen LogP) is 9.10. The van der Waals surface area contributed by atoms with Crippen LogP contribution < -0.4 is 0 Å². The summed E-state index contributed by atoms with van der Waals surface area (Å²) in [4.78, 5) is 0. The van der Waals surface area contributed by atoms with Crippen molar-refractivity contribution in [3.63, 3.8) is 0 Å². The minimum Gasteiger partial charge on any atom is -0.315 e. The summed E-state index contributed by atoms with van der Waals surface area (Å²) in [6.45, 7) is 7.30. The maximum atomic E-state index is 14.7. The van der Waals surface area contributed by atoms with Gasteiger partial charge in [0.05, 0.1) is 13.0 Å². The van der Waals surface area contributed by atoms with Gasteiger partial charge in [0.1, 0.15) is 5.82 Å². The third-order valence-corrected chi connectivity index (χ3v) is 8.06. The number of alkyl halides is 2. The molecule has 2 saturated carbocycles. The molecule has 4 heteroatoms. The number of hydrogen-bond acceptors (Lipinski definition) is 1. The molecule has 0 unspecified atom stereocenters. The van der Waals surface area contributed by atoms with E-state index in [1.165, 1.54) is 11.6 Å². The van der Waals surface area contributed by atoms with Gasteiger partial charge in [-0.1, -0.05) is 48.6 Å². The molecule has 0 aromatic heterocycles. The molecule has 0 aliphatic heterocycles. The topological polar surface area (TPSA) is 9.23 Å². The second-order valence-electron chi connectivity index (χ2n) is 10.4. The molecule has 2 fully saturated rings. The van der Waals surface area contributed by atoms with Crippen molar-refractivity contribution in [2.75, 3.05) is 0 Å². The van der Waals surface area contributed by atoms with Gasteiger partial charge in [0, 0.05) is 5.56 Å². The summed E-state index contributed by atoms with van der Waals surface area (Å²) in [5, 5.41) is 0. The van der Waals surface area contributed by atoms with Crippen molar-refractivity contribution < 1.29 is 17.9 Å². The molecule has 35 heavy (non-hydrogen) atoms. The highest BCUT2D eigenvalue weighted by Crippen LogP contribution is 2.38. The largest absolute Gasteiger partial charge is 0.360 e. The summed E-state index contributed by atoms with van der Waals surface area (Å²) < 4.78 is 48.6. The van der Waals surface area contributed by atoms with Gasteiger partial charge in [-0.25, -0.2) is 4.39 Å². The summed E-state index contributed by atoms with van der Waals surface area (Å²) in [5.41, 5.74) is 2.84. The van der Waals surface area contributed by atoms with Crippen LogP contribution in [0.2, 0.25) is 0 Å². The van der Waals surface area contributed by atoms with Crippen LogP contribution in [0.3, 0.4) is 0 Å². The number of allylic oxidation sites excluding steroid dienone is 2. The van der Waals surface area contributed by atoms with Gasteiger partial charge in [-0.05, 0) is 97.8 Å². The number of ether oxygens (including phenoxy) is 1. The van der Waals surface area contributed by atoms with Crippen LogP contribution in [0.1, 0.15) is 85.5 Å². The Labute approximate surface area is 208 Å². The Balaban J connectivity index is 1.29. The number of hydrogen-bond donors (Lipinski definition) is 0. The van der Waals surface area contributed by atoms with Gasteiger partial charge < -0.3 is 4.74 Å². The van der Waals surface area contributed by atoms with Gasteiger partial charge in [-0.15, -0.1) is 13.2 Å². The van der Waals surface area contributed by atoms with Crippen molar-refractivity contribution in [2.45, 2.75) is 82.3 Å². The van der Waals surface area contributed by atoms with Crippen LogP contribution in [0.25, 0.3) is 0 Å². The Bertz CT molecular complexity index is 981. The van der Waals surface area contributed by atoms with Crippen LogP contribution in [-0.2, 0) is 17.8 Å². The lowest BCUT2D eigenvalue weighted by Gasteiger charge is -2.27. The fourth-order valence-corrected chi connectivity index (χ4v) is 5.69. The molecule has 2 aliphatic carbocycles. The molecule has 0 radical (unpaired) electrons. The van der Waals surface area contributed by atoms with E-state index in [0.29, 0.717) is 29.2 Å².